The lowest BCUT2D eigenvalue weighted by Crippen LogP contribution is -2.26. The maximum Gasteiger partial charge on any atom is 0.194 e. The zero-order chi connectivity index (χ0) is 26.0. The predicted octanol–water partition coefficient (Wildman–Crippen LogP) is 8.63. The topological polar surface area (TPSA) is 63.6 Å². The first-order valence-corrected chi connectivity index (χ1v) is 13.5. The lowest BCUT2D eigenvalue weighted by molar-refractivity contribution is -0.304. The van der Waals surface area contributed by atoms with E-state index in [2.05, 4.69) is 27.7 Å². The molecule has 1 aromatic carbocycles. The molecule has 4 nitrogen and oxygen atoms in total. The second kappa shape index (κ2) is 13.9. The van der Waals surface area contributed by atoms with Gasteiger partial charge in [-0.15, -0.1) is 0 Å². The molecule has 194 valence electrons. The summed E-state index contributed by atoms with van der Waals surface area (Å²) in [6, 6.07) is 6.91. The number of Topliss-reactive ketones (excluding diaryl/α,β-unsaturated/α-hetero) is 2. The molecule has 0 aromatic heterocycles. The predicted molar refractivity (Wildman–Crippen MR) is 144 cm³/mol. The highest BCUT2D eigenvalue weighted by Crippen LogP contribution is 2.29. The molecule has 0 fully saturated rings. The number of benzene rings is 1. The summed E-state index contributed by atoms with van der Waals surface area (Å²) in [5.74, 6) is 1.93. The number of fused-ring (bicyclic) bond motifs is 1. The highest BCUT2D eigenvalue weighted by molar-refractivity contribution is 6.27. The molecule has 1 N–H and O–H groups in total. The van der Waals surface area contributed by atoms with E-state index < -0.39 is 5.60 Å². The van der Waals surface area contributed by atoms with Crippen molar-refractivity contribution in [2.24, 2.45) is 17.8 Å². The van der Waals surface area contributed by atoms with Crippen molar-refractivity contribution in [3.05, 3.63) is 58.7 Å². The fourth-order valence-corrected chi connectivity index (χ4v) is 4.92. The molecule has 0 amide bonds. The van der Waals surface area contributed by atoms with Crippen LogP contribution in [-0.2, 0) is 4.89 Å². The van der Waals surface area contributed by atoms with Gasteiger partial charge in [0.15, 0.2) is 11.6 Å². The summed E-state index contributed by atoms with van der Waals surface area (Å²) in [6.07, 6.45) is 13.8. The molecule has 0 saturated heterocycles. The van der Waals surface area contributed by atoms with E-state index in [0.29, 0.717) is 34.6 Å². The second-order valence-electron chi connectivity index (χ2n) is 11.3. The number of carbonyl (C=O) groups is 2. The summed E-state index contributed by atoms with van der Waals surface area (Å²) in [7, 11) is 0. The van der Waals surface area contributed by atoms with Crippen molar-refractivity contribution in [3.63, 3.8) is 0 Å². The number of allylic oxidation sites excluding steroid dienone is 3. The van der Waals surface area contributed by atoms with Gasteiger partial charge >= 0.3 is 0 Å². The Labute approximate surface area is 212 Å². The molecule has 1 aliphatic carbocycles. The van der Waals surface area contributed by atoms with E-state index in [1.54, 1.807) is 43.3 Å². The fraction of sp³-hybridized carbons (Fsp3) is 0.613. The molecular formula is C31H46O4. The summed E-state index contributed by atoms with van der Waals surface area (Å²) < 4.78 is 0. The Morgan fingerprint density at radius 2 is 1.37 bits per heavy atom. The average Bonchev–Trinajstić information content (AvgIpc) is 2.82. The van der Waals surface area contributed by atoms with E-state index >= 15 is 0 Å². The largest absolute Gasteiger partial charge is 0.289 e. The number of ketones is 2. The molecule has 0 spiro atoms. The smallest absolute Gasteiger partial charge is 0.194 e. The first-order valence-electron chi connectivity index (χ1n) is 13.5. The molecule has 4 heteroatoms. The molecule has 2 rings (SSSR count). The highest BCUT2D eigenvalue weighted by Gasteiger charge is 2.29. The standard InChI is InChI=1S/C31H46O4/c1-22(2)12-9-13-23(3)14-10-15-24(4)16-11-20-31(6,35-34)21-19-26-25(5)29(32)27-17-7-8-18-28(27)30(26)33/h7-8,17-19,21-24,34H,9-16,20H2,1-6H3. The minimum atomic E-state index is -0.905. The molecule has 3 atom stereocenters. The van der Waals surface area contributed by atoms with Gasteiger partial charge in [-0.3, -0.25) is 14.8 Å². The van der Waals surface area contributed by atoms with Gasteiger partial charge in [-0.05, 0) is 50.5 Å². The van der Waals surface area contributed by atoms with E-state index in [1.165, 1.54) is 38.5 Å². The van der Waals surface area contributed by atoms with Crippen molar-refractivity contribution in [1.82, 2.24) is 0 Å². The number of hydrogen-bond donors (Lipinski definition) is 1. The maximum atomic E-state index is 13.0. The molecular weight excluding hydrogens is 436 g/mol. The quantitative estimate of drug-likeness (QED) is 0.201. The summed E-state index contributed by atoms with van der Waals surface area (Å²) in [4.78, 5) is 30.5. The first-order chi connectivity index (χ1) is 16.6. The Morgan fingerprint density at radius 3 is 1.91 bits per heavy atom. The molecule has 0 saturated carbocycles. The van der Waals surface area contributed by atoms with Crippen molar-refractivity contribution in [2.45, 2.75) is 105 Å². The van der Waals surface area contributed by atoms with Gasteiger partial charge in [0, 0.05) is 22.3 Å². The lowest BCUT2D eigenvalue weighted by Gasteiger charge is -2.24. The molecule has 0 bridgehead atoms. The van der Waals surface area contributed by atoms with E-state index in [4.69, 9.17) is 4.89 Å². The van der Waals surface area contributed by atoms with E-state index in [0.717, 1.165) is 24.7 Å². The molecule has 3 unspecified atom stereocenters. The second-order valence-corrected chi connectivity index (χ2v) is 11.3. The third-order valence-electron chi connectivity index (χ3n) is 7.46. The fourth-order valence-electron chi connectivity index (χ4n) is 4.92. The average molecular weight is 483 g/mol. The minimum absolute atomic E-state index is 0.130. The van der Waals surface area contributed by atoms with Gasteiger partial charge in [0.05, 0.1) is 0 Å². The third kappa shape index (κ3) is 8.84. The van der Waals surface area contributed by atoms with Gasteiger partial charge in [0.2, 0.25) is 0 Å². The Kier molecular flexibility index (Phi) is 11.6. The summed E-state index contributed by atoms with van der Waals surface area (Å²) in [6.45, 7) is 12.8. The van der Waals surface area contributed by atoms with Crippen LogP contribution in [0.1, 0.15) is 120 Å². The lowest BCUT2D eigenvalue weighted by atomic mass is 9.83. The Morgan fingerprint density at radius 1 is 0.857 bits per heavy atom. The third-order valence-corrected chi connectivity index (χ3v) is 7.46. The van der Waals surface area contributed by atoms with Crippen molar-refractivity contribution >= 4 is 11.6 Å². The Bertz CT molecular complexity index is 910. The zero-order valence-electron chi connectivity index (χ0n) is 22.7. The normalized spacial score (nSPS) is 17.7. The van der Waals surface area contributed by atoms with Crippen LogP contribution in [0.25, 0.3) is 0 Å². The summed E-state index contributed by atoms with van der Waals surface area (Å²) >= 11 is 0. The van der Waals surface area contributed by atoms with Crippen LogP contribution in [0.5, 0.6) is 0 Å². The SMILES string of the molecule is CC1=C(C=CC(C)(CCCC(C)CCCC(C)CCCC(C)C)OO)C(=O)c2ccccc2C1=O. The molecule has 1 aliphatic rings. The van der Waals surface area contributed by atoms with Crippen molar-refractivity contribution in [1.29, 1.82) is 0 Å². The number of rotatable bonds is 15. The molecule has 35 heavy (non-hydrogen) atoms. The van der Waals surface area contributed by atoms with Gasteiger partial charge in [0.25, 0.3) is 0 Å². The Hall–Kier alpha value is -2.04. The van der Waals surface area contributed by atoms with Crippen LogP contribution < -0.4 is 0 Å². The maximum absolute atomic E-state index is 13.0. The van der Waals surface area contributed by atoms with E-state index in [9.17, 15) is 14.8 Å². The van der Waals surface area contributed by atoms with Crippen LogP contribution in [0.3, 0.4) is 0 Å². The highest BCUT2D eigenvalue weighted by atomic mass is 17.1. The van der Waals surface area contributed by atoms with Crippen molar-refractivity contribution in [2.75, 3.05) is 0 Å². The van der Waals surface area contributed by atoms with Crippen LogP contribution >= 0.6 is 0 Å². The van der Waals surface area contributed by atoms with Crippen LogP contribution in [-0.4, -0.2) is 22.4 Å². The van der Waals surface area contributed by atoms with Crippen molar-refractivity contribution < 1.29 is 19.7 Å². The van der Waals surface area contributed by atoms with Crippen molar-refractivity contribution in [3.8, 4) is 0 Å². The first kappa shape index (κ1) is 29.2. The van der Waals surface area contributed by atoms with E-state index in [-0.39, 0.29) is 11.6 Å². The van der Waals surface area contributed by atoms with Crippen LogP contribution in [0.2, 0.25) is 0 Å². The van der Waals surface area contributed by atoms with E-state index in [1.807, 2.05) is 6.92 Å². The zero-order valence-corrected chi connectivity index (χ0v) is 22.7. The van der Waals surface area contributed by atoms with Gasteiger partial charge in [-0.2, -0.15) is 0 Å². The Balaban J connectivity index is 1.83. The molecule has 0 heterocycles. The number of hydrogen-bond acceptors (Lipinski definition) is 4. The summed E-state index contributed by atoms with van der Waals surface area (Å²) in [5, 5.41) is 9.61. The van der Waals surface area contributed by atoms with Crippen LogP contribution in [0, 0.1) is 17.8 Å². The monoisotopic (exact) mass is 482 g/mol. The summed E-state index contributed by atoms with van der Waals surface area (Å²) in [5.41, 5.74) is 0.771. The number of carbonyl (C=O) groups excluding carboxylic acids is 2. The van der Waals surface area contributed by atoms with Gasteiger partial charge in [-0.1, -0.05) is 103 Å². The molecule has 1 aromatic rings. The molecule has 0 radical (unpaired) electrons. The van der Waals surface area contributed by atoms with Crippen LogP contribution in [0.15, 0.2) is 47.6 Å². The minimum Gasteiger partial charge on any atom is -0.289 e. The molecule has 0 aliphatic heterocycles. The van der Waals surface area contributed by atoms with Crippen LogP contribution in [0.4, 0.5) is 0 Å². The van der Waals surface area contributed by atoms with Gasteiger partial charge in [-0.25, -0.2) is 4.89 Å². The van der Waals surface area contributed by atoms with Gasteiger partial charge in [0.1, 0.15) is 5.60 Å². The van der Waals surface area contributed by atoms with Gasteiger partial charge < -0.3 is 0 Å².